The van der Waals surface area contributed by atoms with E-state index in [1.807, 2.05) is 27.7 Å². The number of carboxylic acids is 1. The van der Waals surface area contributed by atoms with Gasteiger partial charge < -0.3 is 9.84 Å². The first kappa shape index (κ1) is 16.9. The molecule has 0 aromatic carbocycles. The normalized spacial score (nSPS) is 14.9. The van der Waals surface area contributed by atoms with Gasteiger partial charge in [0.05, 0.1) is 6.61 Å². The molecule has 1 N–H and O–H groups in total. The zero-order valence-electron chi connectivity index (χ0n) is 12.2. The van der Waals surface area contributed by atoms with Crippen molar-refractivity contribution in [2.75, 3.05) is 6.61 Å². The van der Waals surface area contributed by atoms with Crippen molar-refractivity contribution >= 4 is 11.9 Å². The summed E-state index contributed by atoms with van der Waals surface area (Å²) in [6, 6.07) is 0. The van der Waals surface area contributed by atoms with Crippen LogP contribution in [-0.4, -0.2) is 23.7 Å². The number of aliphatic carboxylic acids is 1. The number of hydrogen-bond donors (Lipinski definition) is 1. The maximum Gasteiger partial charge on any atom is 0.323 e. The van der Waals surface area contributed by atoms with E-state index in [-0.39, 0.29) is 12.0 Å². The first-order valence-electron chi connectivity index (χ1n) is 6.60. The summed E-state index contributed by atoms with van der Waals surface area (Å²) in [4.78, 5) is 23.6. The van der Waals surface area contributed by atoms with Crippen LogP contribution in [0, 0.1) is 10.8 Å². The van der Waals surface area contributed by atoms with Crippen LogP contribution in [0.4, 0.5) is 0 Å². The Morgan fingerprint density at radius 2 is 1.61 bits per heavy atom. The highest BCUT2D eigenvalue weighted by molar-refractivity contribution is 5.99. The molecule has 0 bridgehead atoms. The second kappa shape index (κ2) is 6.76. The Balaban J connectivity index is 5.09. The molecule has 0 heterocycles. The van der Waals surface area contributed by atoms with Gasteiger partial charge in [0, 0.05) is 0 Å². The lowest BCUT2D eigenvalue weighted by Crippen LogP contribution is -2.41. The van der Waals surface area contributed by atoms with E-state index >= 15 is 0 Å². The molecule has 1 unspecified atom stereocenters. The van der Waals surface area contributed by atoms with Gasteiger partial charge in [-0.1, -0.05) is 34.1 Å². The van der Waals surface area contributed by atoms with E-state index in [1.165, 1.54) is 0 Å². The fourth-order valence-corrected chi connectivity index (χ4v) is 1.91. The Kier molecular flexibility index (Phi) is 6.36. The third-order valence-electron chi connectivity index (χ3n) is 3.05. The molecule has 0 fully saturated rings. The minimum absolute atomic E-state index is 0.000929. The maximum absolute atomic E-state index is 12.0. The monoisotopic (exact) mass is 258 g/mol. The second-order valence-corrected chi connectivity index (χ2v) is 5.92. The first-order chi connectivity index (χ1) is 8.19. The summed E-state index contributed by atoms with van der Waals surface area (Å²) in [5.41, 5.74) is -1.38. The Morgan fingerprint density at radius 1 is 1.06 bits per heavy atom. The fraction of sp³-hybridized carbons (Fsp3) is 0.857. The summed E-state index contributed by atoms with van der Waals surface area (Å²) in [5, 5.41) is 9.45. The Morgan fingerprint density at radius 3 is 1.94 bits per heavy atom. The van der Waals surface area contributed by atoms with E-state index < -0.39 is 17.4 Å². The van der Waals surface area contributed by atoms with Crippen molar-refractivity contribution in [2.45, 2.75) is 60.3 Å². The Bertz CT molecular complexity index is 291. The van der Waals surface area contributed by atoms with Gasteiger partial charge in [0.15, 0.2) is 5.41 Å². The van der Waals surface area contributed by atoms with Gasteiger partial charge in [-0.2, -0.15) is 0 Å². The number of hydrogen-bond acceptors (Lipinski definition) is 3. The molecular weight excluding hydrogens is 232 g/mol. The third-order valence-corrected chi connectivity index (χ3v) is 3.05. The van der Waals surface area contributed by atoms with Crippen molar-refractivity contribution in [1.29, 1.82) is 0 Å². The molecule has 0 aromatic rings. The van der Waals surface area contributed by atoms with Gasteiger partial charge in [-0.15, -0.1) is 0 Å². The van der Waals surface area contributed by atoms with Crippen LogP contribution in [0.2, 0.25) is 0 Å². The quantitative estimate of drug-likeness (QED) is 0.562. The van der Waals surface area contributed by atoms with Crippen LogP contribution >= 0.6 is 0 Å². The average Bonchev–Trinajstić information content (AvgIpc) is 2.22. The predicted octanol–water partition coefficient (Wildman–Crippen LogP) is 3.25. The van der Waals surface area contributed by atoms with Crippen LogP contribution in [0.15, 0.2) is 0 Å². The number of rotatable bonds is 7. The number of carbonyl (C=O) groups excluding carboxylic acids is 1. The van der Waals surface area contributed by atoms with E-state index in [9.17, 15) is 14.7 Å². The van der Waals surface area contributed by atoms with Gasteiger partial charge in [-0.05, 0) is 31.6 Å². The standard InChI is InChI=1S/C14H26O4/c1-6-8-14(11(15)16,12(17)18-7-2)10-9-13(3,4)5/h6-10H2,1-5H3,(H,15,16). The molecule has 4 heteroatoms. The molecular formula is C14H26O4. The van der Waals surface area contributed by atoms with Gasteiger partial charge in [-0.3, -0.25) is 9.59 Å². The lowest BCUT2D eigenvalue weighted by Gasteiger charge is -2.30. The van der Waals surface area contributed by atoms with Crippen molar-refractivity contribution in [2.24, 2.45) is 10.8 Å². The van der Waals surface area contributed by atoms with E-state index in [2.05, 4.69) is 0 Å². The van der Waals surface area contributed by atoms with Crippen molar-refractivity contribution in [3.05, 3.63) is 0 Å². The topological polar surface area (TPSA) is 63.6 Å². The molecule has 0 aliphatic carbocycles. The highest BCUT2D eigenvalue weighted by Crippen LogP contribution is 2.36. The minimum atomic E-state index is -1.38. The van der Waals surface area contributed by atoms with Crippen molar-refractivity contribution in [3.8, 4) is 0 Å². The number of esters is 1. The average molecular weight is 258 g/mol. The lowest BCUT2D eigenvalue weighted by molar-refractivity contribution is -0.170. The van der Waals surface area contributed by atoms with Gasteiger partial charge in [0.2, 0.25) is 0 Å². The van der Waals surface area contributed by atoms with Crippen LogP contribution in [0.5, 0.6) is 0 Å². The molecule has 0 saturated heterocycles. The van der Waals surface area contributed by atoms with Crippen LogP contribution in [-0.2, 0) is 14.3 Å². The van der Waals surface area contributed by atoms with Gasteiger partial charge in [-0.25, -0.2) is 0 Å². The molecule has 0 saturated carbocycles. The smallest absolute Gasteiger partial charge is 0.323 e. The summed E-state index contributed by atoms with van der Waals surface area (Å²) in [5.74, 6) is -1.66. The molecule has 18 heavy (non-hydrogen) atoms. The summed E-state index contributed by atoms with van der Waals surface area (Å²) < 4.78 is 4.97. The van der Waals surface area contributed by atoms with E-state index in [0.717, 1.165) is 0 Å². The SMILES string of the molecule is CCCC(CCC(C)(C)C)(C(=O)O)C(=O)OCC. The minimum Gasteiger partial charge on any atom is -0.480 e. The molecule has 0 aliphatic rings. The highest BCUT2D eigenvalue weighted by Gasteiger charge is 2.46. The van der Waals surface area contributed by atoms with Crippen molar-refractivity contribution in [3.63, 3.8) is 0 Å². The van der Waals surface area contributed by atoms with Gasteiger partial charge in [0.1, 0.15) is 0 Å². The largest absolute Gasteiger partial charge is 0.480 e. The van der Waals surface area contributed by atoms with Gasteiger partial charge >= 0.3 is 11.9 Å². The summed E-state index contributed by atoms with van der Waals surface area (Å²) in [6.45, 7) is 9.91. The molecule has 0 aromatic heterocycles. The molecule has 0 amide bonds. The number of carboxylic acid groups (broad SMARTS) is 1. The molecule has 1 atom stereocenters. The van der Waals surface area contributed by atoms with Crippen LogP contribution in [0.25, 0.3) is 0 Å². The molecule has 0 aliphatic heterocycles. The first-order valence-corrected chi connectivity index (χ1v) is 6.60. The van der Waals surface area contributed by atoms with Crippen LogP contribution in [0.1, 0.15) is 60.3 Å². The zero-order valence-corrected chi connectivity index (χ0v) is 12.2. The molecule has 106 valence electrons. The number of carbonyl (C=O) groups is 2. The Labute approximate surface area is 110 Å². The van der Waals surface area contributed by atoms with Crippen molar-refractivity contribution in [1.82, 2.24) is 0 Å². The summed E-state index contributed by atoms with van der Waals surface area (Å²) in [7, 11) is 0. The fourth-order valence-electron chi connectivity index (χ4n) is 1.91. The summed E-state index contributed by atoms with van der Waals surface area (Å²) in [6.07, 6.45) is 1.99. The lowest BCUT2D eigenvalue weighted by atomic mass is 9.75. The van der Waals surface area contributed by atoms with E-state index in [1.54, 1.807) is 6.92 Å². The third kappa shape index (κ3) is 4.67. The van der Waals surface area contributed by atoms with E-state index in [0.29, 0.717) is 25.7 Å². The molecule has 0 rings (SSSR count). The number of ether oxygens (including phenoxy) is 1. The van der Waals surface area contributed by atoms with E-state index in [4.69, 9.17) is 4.74 Å². The Hall–Kier alpha value is -1.06. The van der Waals surface area contributed by atoms with Crippen LogP contribution in [0.3, 0.4) is 0 Å². The molecule has 0 radical (unpaired) electrons. The summed E-state index contributed by atoms with van der Waals surface area (Å²) >= 11 is 0. The molecule has 0 spiro atoms. The van der Waals surface area contributed by atoms with Crippen molar-refractivity contribution < 1.29 is 19.4 Å². The zero-order chi connectivity index (χ0) is 14.4. The highest BCUT2D eigenvalue weighted by atomic mass is 16.5. The van der Waals surface area contributed by atoms with Crippen LogP contribution < -0.4 is 0 Å². The molecule has 4 nitrogen and oxygen atoms in total. The second-order valence-electron chi connectivity index (χ2n) is 5.92. The van der Waals surface area contributed by atoms with Gasteiger partial charge in [0.25, 0.3) is 0 Å². The predicted molar refractivity (Wildman–Crippen MR) is 70.3 cm³/mol. The maximum atomic E-state index is 12.0.